The monoisotopic (exact) mass is 509 g/mol. The Balaban J connectivity index is 2.00. The molecule has 1 aliphatic rings. The van der Waals surface area contributed by atoms with Gasteiger partial charge in [-0.3, -0.25) is 19.5 Å². The third-order valence-electron chi connectivity index (χ3n) is 5.62. The van der Waals surface area contributed by atoms with E-state index in [4.69, 9.17) is 14.2 Å². The first kappa shape index (κ1) is 24.9. The number of aromatic nitrogens is 1. The minimum atomic E-state index is -0.891. The maximum Gasteiger partial charge on any atom is 0.338 e. The van der Waals surface area contributed by atoms with Crippen LogP contribution in [0.1, 0.15) is 31.0 Å². The average Bonchev–Trinajstić information content (AvgIpc) is 3.16. The van der Waals surface area contributed by atoms with Crippen LogP contribution in [-0.4, -0.2) is 36.3 Å². The molecule has 0 bridgehead atoms. The molecule has 4 rings (SSSR count). The second-order valence-electron chi connectivity index (χ2n) is 7.74. The van der Waals surface area contributed by atoms with E-state index >= 15 is 0 Å². The summed E-state index contributed by atoms with van der Waals surface area (Å²) in [5.74, 6) is 0.211. The van der Waals surface area contributed by atoms with E-state index in [1.165, 1.54) is 30.9 Å². The summed E-state index contributed by atoms with van der Waals surface area (Å²) < 4.78 is 18.1. The number of benzene rings is 2. The summed E-state index contributed by atoms with van der Waals surface area (Å²) in [5.41, 5.74) is 1.14. The first-order valence-electron chi connectivity index (χ1n) is 11.0. The molecule has 0 saturated heterocycles. The van der Waals surface area contributed by atoms with Gasteiger partial charge in [0, 0.05) is 17.7 Å². The molecular weight excluding hydrogens is 486 g/mol. The number of esters is 1. The Hall–Kier alpha value is -4.25. The number of allylic oxidation sites excluding steroid dienone is 1. The number of nitrogens with zero attached hydrogens (tertiary/aromatic N) is 3. The van der Waals surface area contributed by atoms with Crippen LogP contribution in [0.15, 0.2) is 63.5 Å². The fourth-order valence-corrected chi connectivity index (χ4v) is 5.14. The molecule has 3 aromatic rings. The predicted molar refractivity (Wildman–Crippen MR) is 133 cm³/mol. The van der Waals surface area contributed by atoms with Crippen molar-refractivity contribution in [3.8, 4) is 11.5 Å². The molecule has 11 heteroatoms. The summed E-state index contributed by atoms with van der Waals surface area (Å²) >= 11 is 1.12. The van der Waals surface area contributed by atoms with E-state index in [0.717, 1.165) is 11.3 Å². The largest absolute Gasteiger partial charge is 0.493 e. The lowest BCUT2D eigenvalue weighted by molar-refractivity contribution is -0.384. The first-order valence-corrected chi connectivity index (χ1v) is 11.8. The van der Waals surface area contributed by atoms with Crippen molar-refractivity contribution in [2.75, 3.05) is 20.8 Å². The maximum atomic E-state index is 13.7. The molecule has 2 heterocycles. The topological polar surface area (TPSA) is 122 Å². The van der Waals surface area contributed by atoms with Crippen LogP contribution in [0, 0.1) is 10.1 Å². The van der Waals surface area contributed by atoms with E-state index in [1.807, 2.05) is 0 Å². The van der Waals surface area contributed by atoms with E-state index in [2.05, 4.69) is 4.99 Å². The van der Waals surface area contributed by atoms with Gasteiger partial charge in [0.05, 0.1) is 41.6 Å². The van der Waals surface area contributed by atoms with Crippen LogP contribution in [-0.2, 0) is 9.53 Å². The maximum absolute atomic E-state index is 13.7. The normalized spacial score (nSPS) is 15.2. The highest BCUT2D eigenvalue weighted by Crippen LogP contribution is 2.40. The molecular formula is C25H23N3O7S. The smallest absolute Gasteiger partial charge is 0.338 e. The number of carbonyl (C=O) groups excluding carboxylic acids is 1. The summed E-state index contributed by atoms with van der Waals surface area (Å²) in [6, 6.07) is 10.3. The Kier molecular flexibility index (Phi) is 7.02. The summed E-state index contributed by atoms with van der Waals surface area (Å²) in [7, 11) is 2.98. The number of hydrogen-bond acceptors (Lipinski definition) is 9. The number of nitro benzene ring substituents is 1. The van der Waals surface area contributed by atoms with Crippen molar-refractivity contribution in [1.29, 1.82) is 0 Å². The fraction of sp³-hybridized carbons (Fsp3) is 0.240. The van der Waals surface area contributed by atoms with Crippen LogP contribution in [0.4, 0.5) is 5.69 Å². The standard InChI is InChI=1S/C25H23N3O7S/c1-5-35-24(30)20-14(2)26-25-27(21(20)17-10-7-11-18(33-3)22(17)34-4)23(29)19(36-25)13-15-8-6-9-16(12-15)28(31)32/h6-13,21H,5H2,1-4H3. The van der Waals surface area contributed by atoms with Gasteiger partial charge in [0.1, 0.15) is 6.04 Å². The highest BCUT2D eigenvalue weighted by atomic mass is 32.1. The number of para-hydroxylation sites is 1. The highest BCUT2D eigenvalue weighted by molar-refractivity contribution is 7.07. The minimum Gasteiger partial charge on any atom is -0.493 e. The van der Waals surface area contributed by atoms with Crippen molar-refractivity contribution in [3.63, 3.8) is 0 Å². The summed E-state index contributed by atoms with van der Waals surface area (Å²) in [5, 5.41) is 11.2. The van der Waals surface area contributed by atoms with Crippen LogP contribution in [0.25, 0.3) is 6.08 Å². The van der Waals surface area contributed by atoms with Gasteiger partial charge in [-0.2, -0.15) is 0 Å². The van der Waals surface area contributed by atoms with E-state index in [9.17, 15) is 19.7 Å². The zero-order valence-electron chi connectivity index (χ0n) is 20.0. The molecule has 10 nitrogen and oxygen atoms in total. The van der Waals surface area contributed by atoms with Crippen LogP contribution in [0.2, 0.25) is 0 Å². The van der Waals surface area contributed by atoms with Crippen molar-refractivity contribution >= 4 is 29.1 Å². The molecule has 1 atom stereocenters. The second kappa shape index (κ2) is 10.2. The van der Waals surface area contributed by atoms with E-state index in [0.29, 0.717) is 37.7 Å². The van der Waals surface area contributed by atoms with Crippen LogP contribution in [0.5, 0.6) is 11.5 Å². The molecule has 2 aromatic carbocycles. The van der Waals surface area contributed by atoms with E-state index in [-0.39, 0.29) is 17.9 Å². The van der Waals surface area contributed by atoms with Crippen LogP contribution < -0.4 is 24.4 Å². The van der Waals surface area contributed by atoms with E-state index in [1.54, 1.807) is 50.3 Å². The molecule has 1 aliphatic heterocycles. The molecule has 0 N–H and O–H groups in total. The summed E-state index contributed by atoms with van der Waals surface area (Å²) in [4.78, 5) is 42.4. The Morgan fingerprint density at radius 2 is 1.97 bits per heavy atom. The third-order valence-corrected chi connectivity index (χ3v) is 6.61. The Morgan fingerprint density at radius 1 is 1.22 bits per heavy atom. The summed E-state index contributed by atoms with van der Waals surface area (Å²) in [6.45, 7) is 3.53. The van der Waals surface area contributed by atoms with Gasteiger partial charge >= 0.3 is 5.97 Å². The molecule has 0 spiro atoms. The second-order valence-corrected chi connectivity index (χ2v) is 8.75. The van der Waals surface area contributed by atoms with Crippen LogP contribution in [0.3, 0.4) is 0 Å². The van der Waals surface area contributed by atoms with Crippen molar-refractivity contribution in [2.24, 2.45) is 4.99 Å². The van der Waals surface area contributed by atoms with Gasteiger partial charge in [-0.1, -0.05) is 35.6 Å². The number of ether oxygens (including phenoxy) is 3. The zero-order valence-corrected chi connectivity index (χ0v) is 20.8. The number of non-ortho nitro benzene ring substituents is 1. The lowest BCUT2D eigenvalue weighted by Crippen LogP contribution is -2.40. The van der Waals surface area contributed by atoms with Gasteiger partial charge in [0.15, 0.2) is 16.3 Å². The number of fused-ring (bicyclic) bond motifs is 1. The Morgan fingerprint density at radius 3 is 2.64 bits per heavy atom. The molecule has 0 radical (unpaired) electrons. The van der Waals surface area contributed by atoms with Crippen molar-refractivity contribution < 1.29 is 23.9 Å². The third kappa shape index (κ3) is 4.40. The molecule has 186 valence electrons. The highest BCUT2D eigenvalue weighted by Gasteiger charge is 2.35. The lowest BCUT2D eigenvalue weighted by atomic mass is 9.94. The number of thiazole rings is 1. The first-order chi connectivity index (χ1) is 17.3. The number of hydrogen-bond donors (Lipinski definition) is 0. The summed E-state index contributed by atoms with van der Waals surface area (Å²) in [6.07, 6.45) is 1.57. The number of methoxy groups -OCH3 is 2. The van der Waals surface area contributed by atoms with Crippen molar-refractivity contribution in [2.45, 2.75) is 19.9 Å². The number of rotatable bonds is 7. The van der Waals surface area contributed by atoms with Crippen molar-refractivity contribution in [1.82, 2.24) is 4.57 Å². The molecule has 1 unspecified atom stereocenters. The molecule has 0 saturated carbocycles. The van der Waals surface area contributed by atoms with Gasteiger partial charge in [0.2, 0.25) is 0 Å². The fourth-order valence-electron chi connectivity index (χ4n) is 4.09. The van der Waals surface area contributed by atoms with Gasteiger partial charge in [0.25, 0.3) is 11.2 Å². The van der Waals surface area contributed by atoms with Gasteiger partial charge in [-0.25, -0.2) is 9.79 Å². The van der Waals surface area contributed by atoms with Gasteiger partial charge < -0.3 is 14.2 Å². The predicted octanol–water partition coefficient (Wildman–Crippen LogP) is 2.72. The molecule has 0 aliphatic carbocycles. The van der Waals surface area contributed by atoms with Gasteiger partial charge in [-0.15, -0.1) is 0 Å². The van der Waals surface area contributed by atoms with E-state index < -0.39 is 22.5 Å². The van der Waals surface area contributed by atoms with Crippen LogP contribution >= 0.6 is 11.3 Å². The average molecular weight is 510 g/mol. The quantitative estimate of drug-likeness (QED) is 0.273. The molecule has 1 aromatic heterocycles. The Bertz CT molecular complexity index is 1570. The minimum absolute atomic E-state index is 0.0871. The number of carbonyl (C=O) groups is 1. The molecule has 0 fully saturated rings. The van der Waals surface area contributed by atoms with Gasteiger partial charge in [-0.05, 0) is 31.6 Å². The number of nitro groups is 1. The van der Waals surface area contributed by atoms with Crippen molar-refractivity contribution in [3.05, 3.63) is 94.7 Å². The zero-order chi connectivity index (χ0) is 26.0. The SMILES string of the molecule is CCOC(=O)C1=C(C)N=c2sc(=Cc3cccc([N+](=O)[O-])c3)c(=O)n2C1c1cccc(OC)c1OC. The lowest BCUT2D eigenvalue weighted by Gasteiger charge is -2.26. The molecule has 0 amide bonds. The molecule has 36 heavy (non-hydrogen) atoms. The Labute approximate surface area is 209 Å².